The van der Waals surface area contributed by atoms with Crippen LogP contribution in [-0.2, 0) is 11.2 Å². The summed E-state index contributed by atoms with van der Waals surface area (Å²) in [7, 11) is 0. The van der Waals surface area contributed by atoms with E-state index in [2.05, 4.69) is 5.32 Å². The van der Waals surface area contributed by atoms with E-state index >= 15 is 0 Å². The van der Waals surface area contributed by atoms with Crippen molar-refractivity contribution in [2.75, 3.05) is 13.2 Å². The maximum Gasteiger partial charge on any atom is 0.268 e. The predicted octanol–water partition coefficient (Wildman–Crippen LogP) is 2.90. The fourth-order valence-corrected chi connectivity index (χ4v) is 4.26. The second-order valence-corrected chi connectivity index (χ2v) is 8.69. The second-order valence-electron chi connectivity index (χ2n) is 8.69. The van der Waals surface area contributed by atoms with Crippen molar-refractivity contribution >= 4 is 11.7 Å². The van der Waals surface area contributed by atoms with Crippen molar-refractivity contribution in [2.45, 2.75) is 45.6 Å². The number of fused-ring (bicyclic) bond motifs is 1. The van der Waals surface area contributed by atoms with Crippen LogP contribution < -0.4 is 10.9 Å². The summed E-state index contributed by atoms with van der Waals surface area (Å²) in [6.45, 7) is 5.05. The van der Waals surface area contributed by atoms with Crippen molar-refractivity contribution < 1.29 is 14.3 Å². The van der Waals surface area contributed by atoms with Crippen molar-refractivity contribution in [3.8, 4) is 5.69 Å². The van der Waals surface area contributed by atoms with Crippen LogP contribution >= 0.6 is 0 Å². The van der Waals surface area contributed by atoms with Gasteiger partial charge in [0.1, 0.15) is 5.56 Å². The zero-order chi connectivity index (χ0) is 20.6. The Kier molecular flexibility index (Phi) is 5.13. The summed E-state index contributed by atoms with van der Waals surface area (Å²) >= 11 is 0. The van der Waals surface area contributed by atoms with Gasteiger partial charge in [0.25, 0.3) is 11.5 Å². The molecule has 1 aromatic carbocycles. The van der Waals surface area contributed by atoms with E-state index < -0.39 is 11.5 Å². The highest BCUT2D eigenvalue weighted by Crippen LogP contribution is 2.35. The Labute approximate surface area is 169 Å². The summed E-state index contributed by atoms with van der Waals surface area (Å²) in [5.74, 6) is -0.466. The maximum absolute atomic E-state index is 13.4. The lowest BCUT2D eigenvalue weighted by atomic mass is 9.73. The average Bonchev–Trinajstić information content (AvgIpc) is 3.19. The molecule has 152 valence electrons. The number of nitrogens with zero attached hydrogens (tertiary/aromatic N) is 1. The maximum atomic E-state index is 13.4. The van der Waals surface area contributed by atoms with Crippen molar-refractivity contribution in [2.24, 2.45) is 5.41 Å². The molecule has 0 spiro atoms. The van der Waals surface area contributed by atoms with E-state index in [0.717, 1.165) is 12.8 Å². The molecule has 1 aromatic heterocycles. The van der Waals surface area contributed by atoms with Crippen LogP contribution in [0.25, 0.3) is 5.69 Å². The lowest BCUT2D eigenvalue weighted by Crippen LogP contribution is -2.40. The van der Waals surface area contributed by atoms with Crippen LogP contribution in [0.5, 0.6) is 0 Å². The van der Waals surface area contributed by atoms with Crippen LogP contribution in [0.2, 0.25) is 0 Å². The van der Waals surface area contributed by atoms with Crippen LogP contribution in [-0.4, -0.2) is 35.5 Å². The number of hydrogen-bond donors (Lipinski definition) is 1. The Morgan fingerprint density at radius 1 is 1.21 bits per heavy atom. The molecule has 2 aliphatic rings. The Morgan fingerprint density at radius 3 is 2.66 bits per heavy atom. The summed E-state index contributed by atoms with van der Waals surface area (Å²) in [5, 5.41) is 2.86. The van der Waals surface area contributed by atoms with Crippen molar-refractivity contribution in [3.05, 3.63) is 63.6 Å². The van der Waals surface area contributed by atoms with E-state index in [1.54, 1.807) is 18.3 Å². The zero-order valence-corrected chi connectivity index (χ0v) is 16.9. The molecule has 6 heteroatoms. The number of ketones is 1. The van der Waals surface area contributed by atoms with Crippen LogP contribution in [0.4, 0.5) is 0 Å². The Bertz CT molecular complexity index is 1000. The third kappa shape index (κ3) is 3.90. The van der Waals surface area contributed by atoms with Crippen LogP contribution in [0.1, 0.15) is 59.4 Å². The molecule has 1 fully saturated rings. The summed E-state index contributed by atoms with van der Waals surface area (Å²) < 4.78 is 6.99. The smallest absolute Gasteiger partial charge is 0.268 e. The summed E-state index contributed by atoms with van der Waals surface area (Å²) in [4.78, 5) is 39.3. The highest BCUT2D eigenvalue weighted by Gasteiger charge is 2.36. The first-order chi connectivity index (χ1) is 13.9. The van der Waals surface area contributed by atoms with Crippen LogP contribution in [0.3, 0.4) is 0 Å². The van der Waals surface area contributed by atoms with Gasteiger partial charge >= 0.3 is 0 Å². The van der Waals surface area contributed by atoms with E-state index in [-0.39, 0.29) is 22.9 Å². The molecule has 2 heterocycles. The number of aromatic nitrogens is 1. The number of hydrogen-bond acceptors (Lipinski definition) is 4. The normalized spacial score (nSPS) is 20.3. The fourth-order valence-electron chi connectivity index (χ4n) is 4.26. The number of Topliss-reactive ketones (excluding diaryl/α,β-unsaturated/α-hetero) is 1. The summed E-state index contributed by atoms with van der Waals surface area (Å²) in [6, 6.07) is 9.08. The van der Waals surface area contributed by atoms with Crippen molar-refractivity contribution in [1.29, 1.82) is 0 Å². The third-order valence-corrected chi connectivity index (χ3v) is 5.69. The molecule has 4 rings (SSSR count). The largest absolute Gasteiger partial charge is 0.376 e. The van der Waals surface area contributed by atoms with Gasteiger partial charge in [0, 0.05) is 37.0 Å². The highest BCUT2D eigenvalue weighted by molar-refractivity contribution is 6.04. The monoisotopic (exact) mass is 394 g/mol. The van der Waals surface area contributed by atoms with Gasteiger partial charge in [0.2, 0.25) is 0 Å². The minimum atomic E-state index is -0.433. The third-order valence-electron chi connectivity index (χ3n) is 5.69. The first kappa shape index (κ1) is 19.6. The molecule has 1 atom stereocenters. The first-order valence-electron chi connectivity index (χ1n) is 10.1. The minimum Gasteiger partial charge on any atom is -0.376 e. The molecule has 1 saturated heterocycles. The standard InChI is InChI=1S/C23H26N2O4/c1-23(2)11-17-18(19(26)12-23)14-25(15-7-4-3-5-8-15)22(28)20(17)21(27)24-13-16-9-6-10-29-16/h3-5,7-8,14,16H,6,9-13H2,1-2H3,(H,24,27). The van der Waals surface area contributed by atoms with Crippen molar-refractivity contribution in [3.63, 3.8) is 0 Å². The van der Waals surface area contributed by atoms with E-state index in [1.807, 2.05) is 32.0 Å². The molecule has 0 radical (unpaired) electrons. The number of rotatable bonds is 4. The van der Waals surface area contributed by atoms with E-state index in [0.29, 0.717) is 42.8 Å². The van der Waals surface area contributed by atoms with Gasteiger partial charge in [-0.2, -0.15) is 0 Å². The number of para-hydroxylation sites is 1. The van der Waals surface area contributed by atoms with Gasteiger partial charge in [0.15, 0.2) is 5.78 Å². The first-order valence-corrected chi connectivity index (χ1v) is 10.1. The fraction of sp³-hybridized carbons (Fsp3) is 0.435. The molecule has 1 aliphatic heterocycles. The Morgan fingerprint density at radius 2 is 1.97 bits per heavy atom. The van der Waals surface area contributed by atoms with Crippen LogP contribution in [0.15, 0.2) is 41.3 Å². The molecular weight excluding hydrogens is 368 g/mol. The van der Waals surface area contributed by atoms with Gasteiger partial charge < -0.3 is 10.1 Å². The zero-order valence-electron chi connectivity index (χ0n) is 16.9. The van der Waals surface area contributed by atoms with Gasteiger partial charge in [-0.05, 0) is 42.4 Å². The topological polar surface area (TPSA) is 77.4 Å². The van der Waals surface area contributed by atoms with Crippen LogP contribution in [0, 0.1) is 5.41 Å². The van der Waals surface area contributed by atoms with Gasteiger partial charge in [-0.3, -0.25) is 19.0 Å². The number of benzene rings is 1. The number of carbonyl (C=O) groups is 2. The summed E-state index contributed by atoms with van der Waals surface area (Å²) in [5.41, 5.74) is 1.05. The van der Waals surface area contributed by atoms with Gasteiger partial charge in [0.05, 0.1) is 6.10 Å². The molecule has 1 N–H and O–H groups in total. The molecule has 2 aromatic rings. The molecular formula is C23H26N2O4. The molecule has 6 nitrogen and oxygen atoms in total. The minimum absolute atomic E-state index is 0.0205. The van der Waals surface area contributed by atoms with Crippen molar-refractivity contribution in [1.82, 2.24) is 9.88 Å². The molecule has 0 bridgehead atoms. The van der Waals surface area contributed by atoms with Gasteiger partial charge in [-0.1, -0.05) is 32.0 Å². The molecule has 1 aliphatic carbocycles. The number of pyridine rings is 1. The quantitative estimate of drug-likeness (QED) is 0.865. The Hall–Kier alpha value is -2.73. The molecule has 1 amide bonds. The van der Waals surface area contributed by atoms with E-state index in [1.165, 1.54) is 4.57 Å². The number of nitrogens with one attached hydrogen (secondary N) is 1. The van der Waals surface area contributed by atoms with E-state index in [4.69, 9.17) is 4.74 Å². The van der Waals surface area contributed by atoms with Gasteiger partial charge in [-0.15, -0.1) is 0 Å². The van der Waals surface area contributed by atoms with Gasteiger partial charge in [-0.25, -0.2) is 0 Å². The molecule has 0 saturated carbocycles. The highest BCUT2D eigenvalue weighted by atomic mass is 16.5. The predicted molar refractivity (Wildman–Crippen MR) is 110 cm³/mol. The van der Waals surface area contributed by atoms with E-state index in [9.17, 15) is 14.4 Å². The number of ether oxygens (including phenoxy) is 1. The molecule has 29 heavy (non-hydrogen) atoms. The summed E-state index contributed by atoms with van der Waals surface area (Å²) in [6.07, 6.45) is 4.36. The average molecular weight is 394 g/mol. The second kappa shape index (κ2) is 7.59. The number of carbonyl (C=O) groups excluding carboxylic acids is 2. The lowest BCUT2D eigenvalue weighted by Gasteiger charge is -2.31. The lowest BCUT2D eigenvalue weighted by molar-refractivity contribution is 0.0853. The Balaban J connectivity index is 1.80. The molecule has 1 unspecified atom stereocenters. The number of amides is 1. The SMILES string of the molecule is CC1(C)CC(=O)c2cn(-c3ccccc3)c(=O)c(C(=O)NCC3CCCO3)c2C1.